The van der Waals surface area contributed by atoms with Crippen LogP contribution in [0.15, 0.2) is 72.0 Å². The van der Waals surface area contributed by atoms with Gasteiger partial charge in [-0.1, -0.05) is 48.5 Å². The van der Waals surface area contributed by atoms with Crippen LogP contribution >= 0.6 is 0 Å². The van der Waals surface area contributed by atoms with Gasteiger partial charge in [0.2, 0.25) is 0 Å². The summed E-state index contributed by atoms with van der Waals surface area (Å²) in [6.45, 7) is 0. The minimum absolute atomic E-state index is 0.0212. The van der Waals surface area contributed by atoms with Crippen LogP contribution in [0.4, 0.5) is 0 Å². The molecule has 0 atom stereocenters. The predicted molar refractivity (Wildman–Crippen MR) is 98.6 cm³/mol. The molecule has 5 nitrogen and oxygen atoms in total. The van der Waals surface area contributed by atoms with E-state index in [-0.39, 0.29) is 5.57 Å². The number of hydrogen-bond acceptors (Lipinski definition) is 5. The molecule has 124 valence electrons. The summed E-state index contributed by atoms with van der Waals surface area (Å²) in [6.07, 6.45) is 5.18. The van der Waals surface area contributed by atoms with Crippen LogP contribution in [0, 0.1) is 22.7 Å². The summed E-state index contributed by atoms with van der Waals surface area (Å²) in [4.78, 5) is 0. The Balaban J connectivity index is 1.95. The molecular weight excluding hydrogens is 327 g/mol. The minimum atomic E-state index is -1.50. The van der Waals surface area contributed by atoms with Crippen molar-refractivity contribution < 1.29 is 14.8 Å². The summed E-state index contributed by atoms with van der Waals surface area (Å²) < 4.78 is 5.83. The number of allylic oxidation sites excluding steroid dienone is 4. The monoisotopic (exact) mass is 340 g/mol. The van der Waals surface area contributed by atoms with Gasteiger partial charge >= 0.3 is 7.12 Å². The van der Waals surface area contributed by atoms with E-state index in [9.17, 15) is 10.5 Å². The Labute approximate surface area is 151 Å². The first-order chi connectivity index (χ1) is 12.6. The lowest BCUT2D eigenvalue weighted by Gasteiger charge is -2.18. The zero-order valence-electron chi connectivity index (χ0n) is 13.6. The number of rotatable bonds is 3. The number of benzene rings is 2. The van der Waals surface area contributed by atoms with E-state index >= 15 is 0 Å². The fraction of sp³-hybridized carbons (Fsp3) is 0. The molecule has 0 spiro atoms. The second kappa shape index (κ2) is 7.54. The molecule has 2 aromatic rings. The van der Waals surface area contributed by atoms with Crippen molar-refractivity contribution in [3.05, 3.63) is 83.1 Å². The Hall–Kier alpha value is -3.58. The zero-order chi connectivity index (χ0) is 18.5. The first-order valence-electron chi connectivity index (χ1n) is 7.80. The van der Waals surface area contributed by atoms with E-state index in [0.29, 0.717) is 28.1 Å². The van der Waals surface area contributed by atoms with Crippen LogP contribution in [0.1, 0.15) is 11.1 Å². The Bertz CT molecular complexity index is 991. The van der Waals surface area contributed by atoms with Crippen molar-refractivity contribution in [3.63, 3.8) is 0 Å². The number of ether oxygens (including phenoxy) is 1. The smallest absolute Gasteiger partial charge is 0.457 e. The molecule has 0 saturated carbocycles. The van der Waals surface area contributed by atoms with Crippen molar-refractivity contribution >= 4 is 24.2 Å². The van der Waals surface area contributed by atoms with E-state index in [4.69, 9.17) is 14.8 Å². The van der Waals surface area contributed by atoms with E-state index in [1.807, 2.05) is 24.3 Å². The third-order valence-electron chi connectivity index (χ3n) is 3.86. The molecule has 3 rings (SSSR count). The normalized spacial score (nSPS) is 12.5. The second-order valence-electron chi connectivity index (χ2n) is 5.53. The maximum Gasteiger partial charge on any atom is 0.488 e. The molecule has 26 heavy (non-hydrogen) atoms. The third kappa shape index (κ3) is 3.58. The van der Waals surface area contributed by atoms with Crippen LogP contribution in [0.5, 0.6) is 5.75 Å². The Kier molecular flexibility index (Phi) is 5.01. The summed E-state index contributed by atoms with van der Waals surface area (Å²) in [7, 11) is -1.50. The van der Waals surface area contributed by atoms with Gasteiger partial charge in [0.05, 0.1) is 0 Å². The lowest BCUT2D eigenvalue weighted by atomic mass is 9.80. The third-order valence-corrected chi connectivity index (χ3v) is 3.86. The Morgan fingerprint density at radius 1 is 0.962 bits per heavy atom. The molecule has 0 radical (unpaired) electrons. The number of nitrogens with zero attached hydrogens (tertiary/aromatic N) is 2. The molecular formula is C20H13BN2O3. The molecule has 2 aromatic carbocycles. The van der Waals surface area contributed by atoms with Gasteiger partial charge in [0.25, 0.3) is 0 Å². The van der Waals surface area contributed by atoms with Gasteiger partial charge in [0.1, 0.15) is 29.2 Å². The van der Waals surface area contributed by atoms with Gasteiger partial charge in [-0.25, -0.2) is 0 Å². The number of nitriles is 2. The largest absolute Gasteiger partial charge is 0.488 e. The van der Waals surface area contributed by atoms with Crippen LogP contribution in [0.2, 0.25) is 0 Å². The van der Waals surface area contributed by atoms with Crippen LogP contribution in [-0.4, -0.2) is 17.2 Å². The summed E-state index contributed by atoms with van der Waals surface area (Å²) in [5.41, 5.74) is 2.48. The molecule has 0 aliphatic carbocycles. The molecule has 0 amide bonds. The standard InChI is InChI=1S/C20H13BN2O3/c22-12-15(13-23)19-11-17(26-20-4-2-1-3-18(19)20)10-7-14-5-8-16(9-6-14)21(24)25/h1-11,24-25H/b10-7+. The fourth-order valence-electron chi connectivity index (χ4n) is 2.55. The fourth-order valence-corrected chi connectivity index (χ4v) is 2.55. The average molecular weight is 340 g/mol. The molecule has 0 aromatic heterocycles. The quantitative estimate of drug-likeness (QED) is 0.659. The molecule has 0 bridgehead atoms. The Morgan fingerprint density at radius 2 is 1.65 bits per heavy atom. The molecule has 6 heteroatoms. The molecule has 1 aliphatic heterocycles. The van der Waals surface area contributed by atoms with Gasteiger partial charge in [-0.15, -0.1) is 0 Å². The molecule has 0 fully saturated rings. The van der Waals surface area contributed by atoms with Crippen molar-refractivity contribution in [2.24, 2.45) is 0 Å². The lowest BCUT2D eigenvalue weighted by Crippen LogP contribution is -2.29. The topological polar surface area (TPSA) is 97.3 Å². The number of fused-ring (bicyclic) bond motifs is 1. The first-order valence-corrected chi connectivity index (χ1v) is 7.80. The highest BCUT2D eigenvalue weighted by molar-refractivity contribution is 6.58. The number of hydrogen-bond donors (Lipinski definition) is 2. The molecule has 1 heterocycles. The highest BCUT2D eigenvalue weighted by Gasteiger charge is 2.18. The highest BCUT2D eigenvalue weighted by atomic mass is 16.5. The van der Waals surface area contributed by atoms with Gasteiger partial charge in [-0.05, 0) is 29.2 Å². The van der Waals surface area contributed by atoms with Crippen molar-refractivity contribution in [3.8, 4) is 17.9 Å². The Morgan fingerprint density at radius 3 is 2.31 bits per heavy atom. The SMILES string of the molecule is N#CC(C#N)=C1C=C(/C=C/c2ccc(B(O)O)cc2)Oc2ccccc21. The first kappa shape index (κ1) is 17.3. The van der Waals surface area contributed by atoms with Gasteiger partial charge in [-0.2, -0.15) is 10.5 Å². The summed E-state index contributed by atoms with van der Waals surface area (Å²) in [5, 5.41) is 36.7. The minimum Gasteiger partial charge on any atom is -0.457 e. The average Bonchev–Trinajstić information content (AvgIpc) is 2.67. The van der Waals surface area contributed by atoms with Gasteiger partial charge < -0.3 is 14.8 Å². The van der Waals surface area contributed by atoms with Gasteiger partial charge in [0.15, 0.2) is 0 Å². The van der Waals surface area contributed by atoms with E-state index < -0.39 is 7.12 Å². The van der Waals surface area contributed by atoms with Crippen molar-refractivity contribution in [2.45, 2.75) is 0 Å². The molecule has 1 aliphatic rings. The highest BCUT2D eigenvalue weighted by Crippen LogP contribution is 2.35. The molecule has 2 N–H and O–H groups in total. The van der Waals surface area contributed by atoms with E-state index in [1.54, 1.807) is 54.6 Å². The van der Waals surface area contributed by atoms with Crippen LogP contribution in [0.3, 0.4) is 0 Å². The molecule has 0 saturated heterocycles. The zero-order valence-corrected chi connectivity index (χ0v) is 13.6. The van der Waals surface area contributed by atoms with Gasteiger partial charge in [-0.3, -0.25) is 0 Å². The van der Waals surface area contributed by atoms with Crippen LogP contribution in [0.25, 0.3) is 11.6 Å². The predicted octanol–water partition coefficient (Wildman–Crippen LogP) is 2.16. The van der Waals surface area contributed by atoms with E-state index in [0.717, 1.165) is 5.56 Å². The van der Waals surface area contributed by atoms with E-state index in [2.05, 4.69) is 0 Å². The molecule has 0 unspecified atom stereocenters. The lowest BCUT2D eigenvalue weighted by molar-refractivity contribution is 0.425. The summed E-state index contributed by atoms with van der Waals surface area (Å²) in [5.74, 6) is 1.07. The van der Waals surface area contributed by atoms with E-state index in [1.165, 1.54) is 0 Å². The second-order valence-corrected chi connectivity index (χ2v) is 5.53. The maximum absolute atomic E-state index is 9.21. The van der Waals surface area contributed by atoms with Crippen LogP contribution < -0.4 is 10.2 Å². The van der Waals surface area contributed by atoms with Crippen LogP contribution in [-0.2, 0) is 0 Å². The van der Waals surface area contributed by atoms with Crippen molar-refractivity contribution in [2.75, 3.05) is 0 Å². The maximum atomic E-state index is 9.21. The van der Waals surface area contributed by atoms with Gasteiger partial charge in [0, 0.05) is 11.1 Å². The van der Waals surface area contributed by atoms with Crippen molar-refractivity contribution in [1.82, 2.24) is 0 Å². The van der Waals surface area contributed by atoms with Crippen molar-refractivity contribution in [1.29, 1.82) is 10.5 Å². The summed E-state index contributed by atoms with van der Waals surface area (Å²) in [6, 6.07) is 17.8. The number of para-hydroxylation sites is 1. The summed E-state index contributed by atoms with van der Waals surface area (Å²) >= 11 is 0.